The first-order valence-corrected chi connectivity index (χ1v) is 10.7. The third-order valence-corrected chi connectivity index (χ3v) is 6.03. The first kappa shape index (κ1) is 24.6. The molecule has 2 fully saturated rings. The highest BCUT2D eigenvalue weighted by atomic mass is 35.5. The second kappa shape index (κ2) is 8.58. The van der Waals surface area contributed by atoms with Crippen molar-refractivity contribution in [3.05, 3.63) is 44.0 Å². The van der Waals surface area contributed by atoms with Crippen LogP contribution in [0.1, 0.15) is 31.9 Å². The summed E-state index contributed by atoms with van der Waals surface area (Å²) in [5.41, 5.74) is -0.433. The first-order chi connectivity index (χ1) is 15.8. The highest BCUT2D eigenvalue weighted by molar-refractivity contribution is 6.31. The molecule has 0 saturated carbocycles. The van der Waals surface area contributed by atoms with Gasteiger partial charge in [0.2, 0.25) is 6.10 Å². The van der Waals surface area contributed by atoms with Gasteiger partial charge in [0.1, 0.15) is 18.0 Å². The van der Waals surface area contributed by atoms with Crippen LogP contribution in [0.4, 0.5) is 13.2 Å². The molecule has 0 aliphatic carbocycles. The van der Waals surface area contributed by atoms with Crippen LogP contribution < -0.4 is 4.74 Å². The second-order valence-corrected chi connectivity index (χ2v) is 9.57. The number of ether oxygens (including phenoxy) is 4. The van der Waals surface area contributed by atoms with Crippen molar-refractivity contribution >= 4 is 23.6 Å². The zero-order chi connectivity index (χ0) is 25.0. The van der Waals surface area contributed by atoms with Crippen molar-refractivity contribution in [1.82, 2.24) is 0 Å². The van der Waals surface area contributed by atoms with Gasteiger partial charge in [0.05, 0.1) is 18.8 Å². The summed E-state index contributed by atoms with van der Waals surface area (Å²) in [4.78, 5) is 27.9. The number of carbonyl (C=O) groups excluding carboxylic acids is 1. The first-order valence-electron chi connectivity index (χ1n) is 10.3. The van der Waals surface area contributed by atoms with Crippen molar-refractivity contribution in [3.63, 3.8) is 0 Å². The van der Waals surface area contributed by atoms with E-state index in [2.05, 4.69) is 4.84 Å². The van der Waals surface area contributed by atoms with E-state index >= 15 is 0 Å². The van der Waals surface area contributed by atoms with Crippen LogP contribution in [0.25, 0.3) is 6.08 Å². The smallest absolute Gasteiger partial charge is 0.430 e. The molecule has 0 amide bonds. The van der Waals surface area contributed by atoms with Crippen molar-refractivity contribution in [1.29, 1.82) is 0 Å². The van der Waals surface area contributed by atoms with Crippen LogP contribution in [0.5, 0.6) is 5.75 Å². The Balaban J connectivity index is 1.59. The predicted octanol–water partition coefficient (Wildman–Crippen LogP) is 3.63. The maximum absolute atomic E-state index is 13.8. The lowest BCUT2D eigenvalue weighted by Crippen LogP contribution is -2.42. The molecule has 5 unspecified atom stereocenters. The summed E-state index contributed by atoms with van der Waals surface area (Å²) in [5, 5.41) is 9.91. The third-order valence-electron chi connectivity index (χ3n) is 5.72. The van der Waals surface area contributed by atoms with Gasteiger partial charge in [0, 0.05) is 10.6 Å². The number of alkyl halides is 3. The molecule has 13 heteroatoms. The fourth-order valence-electron chi connectivity index (χ4n) is 4.14. The molecule has 2 saturated heterocycles. The third kappa shape index (κ3) is 4.66. The van der Waals surface area contributed by atoms with Crippen LogP contribution in [0.2, 0.25) is 5.02 Å². The molecule has 3 aliphatic heterocycles. The number of halogens is 4. The van der Waals surface area contributed by atoms with Gasteiger partial charge in [-0.15, -0.1) is 10.1 Å². The lowest BCUT2D eigenvalue weighted by atomic mass is 9.85. The molecule has 34 heavy (non-hydrogen) atoms. The summed E-state index contributed by atoms with van der Waals surface area (Å²) in [6, 6.07) is 2.87. The van der Waals surface area contributed by atoms with Gasteiger partial charge in [-0.1, -0.05) is 32.4 Å². The largest absolute Gasteiger partial charge is 0.475 e. The van der Waals surface area contributed by atoms with E-state index in [1.807, 2.05) is 20.8 Å². The maximum Gasteiger partial charge on any atom is 0.430 e. The molecule has 1 aromatic carbocycles. The van der Waals surface area contributed by atoms with Gasteiger partial charge in [-0.2, -0.15) is 13.2 Å². The van der Waals surface area contributed by atoms with Gasteiger partial charge in [0.15, 0.2) is 12.2 Å². The van der Waals surface area contributed by atoms with Crippen LogP contribution >= 0.6 is 11.6 Å². The number of esters is 1. The molecule has 0 aromatic heterocycles. The van der Waals surface area contributed by atoms with E-state index in [0.29, 0.717) is 10.6 Å². The summed E-state index contributed by atoms with van der Waals surface area (Å²) >= 11 is 6.33. The Morgan fingerprint density at radius 2 is 1.76 bits per heavy atom. The number of benzene rings is 1. The van der Waals surface area contributed by atoms with Crippen molar-refractivity contribution in [2.24, 2.45) is 0 Å². The Hall–Kier alpha value is -2.57. The SMILES string of the molecule is CC(C)(C)c1cc2c(cc1Cl)C=C(C(=O)OC1COC3C(O[N+](=O)[O-])COC13)C(C(F)(F)F)O2. The van der Waals surface area contributed by atoms with Gasteiger partial charge in [-0.25, -0.2) is 4.79 Å². The van der Waals surface area contributed by atoms with E-state index in [4.69, 9.17) is 30.5 Å². The molecule has 1 aromatic rings. The number of hydrogen-bond donors (Lipinski definition) is 0. The minimum absolute atomic E-state index is 0.0589. The zero-order valence-electron chi connectivity index (χ0n) is 18.3. The second-order valence-electron chi connectivity index (χ2n) is 9.17. The maximum atomic E-state index is 13.8. The minimum atomic E-state index is -4.91. The molecule has 0 N–H and O–H groups in total. The molecular formula is C21H21ClF3NO8. The zero-order valence-corrected chi connectivity index (χ0v) is 19.0. The Morgan fingerprint density at radius 3 is 2.35 bits per heavy atom. The highest BCUT2D eigenvalue weighted by Gasteiger charge is 2.53. The summed E-state index contributed by atoms with van der Waals surface area (Å²) in [7, 11) is 0. The summed E-state index contributed by atoms with van der Waals surface area (Å²) < 4.78 is 62.7. The van der Waals surface area contributed by atoms with Crippen LogP contribution in [-0.2, 0) is 29.3 Å². The fourth-order valence-corrected chi connectivity index (χ4v) is 4.59. The topological polar surface area (TPSA) is 106 Å². The Bertz CT molecular complexity index is 1040. The van der Waals surface area contributed by atoms with Gasteiger partial charge in [-0.3, -0.25) is 0 Å². The molecule has 3 aliphatic rings. The van der Waals surface area contributed by atoms with E-state index in [0.717, 1.165) is 6.08 Å². The van der Waals surface area contributed by atoms with Crippen molar-refractivity contribution in [3.8, 4) is 5.75 Å². The number of rotatable bonds is 4. The number of hydrogen-bond acceptors (Lipinski definition) is 8. The average molecular weight is 508 g/mol. The van der Waals surface area contributed by atoms with E-state index in [1.54, 1.807) is 0 Å². The molecule has 0 spiro atoms. The Morgan fingerprint density at radius 1 is 1.15 bits per heavy atom. The lowest BCUT2D eigenvalue weighted by Gasteiger charge is -2.30. The fraction of sp³-hybridized carbons (Fsp3) is 0.571. The van der Waals surface area contributed by atoms with Crippen LogP contribution in [0.3, 0.4) is 0 Å². The molecule has 0 radical (unpaired) electrons. The molecule has 9 nitrogen and oxygen atoms in total. The lowest BCUT2D eigenvalue weighted by molar-refractivity contribution is -0.769. The summed E-state index contributed by atoms with van der Waals surface area (Å²) in [6.45, 7) is 5.15. The average Bonchev–Trinajstić information content (AvgIpc) is 3.28. The monoisotopic (exact) mass is 507 g/mol. The van der Waals surface area contributed by atoms with Gasteiger partial charge in [0.25, 0.3) is 5.09 Å². The minimum Gasteiger partial charge on any atom is -0.475 e. The van der Waals surface area contributed by atoms with E-state index in [9.17, 15) is 28.1 Å². The molecule has 5 atom stereocenters. The van der Waals surface area contributed by atoms with Crippen molar-refractivity contribution in [2.45, 2.75) is 62.9 Å². The van der Waals surface area contributed by atoms with Crippen LogP contribution in [0, 0.1) is 10.1 Å². The Labute approximate surface area is 196 Å². The number of nitrogens with zero attached hydrogens (tertiary/aromatic N) is 1. The summed E-state index contributed by atoms with van der Waals surface area (Å²) in [6.07, 6.45) is -10.4. The molecule has 186 valence electrons. The number of fused-ring (bicyclic) bond motifs is 2. The summed E-state index contributed by atoms with van der Waals surface area (Å²) in [5.74, 6) is -1.34. The van der Waals surface area contributed by atoms with Crippen LogP contribution in [0.15, 0.2) is 17.7 Å². The molecular weight excluding hydrogens is 487 g/mol. The van der Waals surface area contributed by atoms with E-state index < -0.39 is 58.7 Å². The normalized spacial score (nSPS) is 28.4. The molecule has 4 rings (SSSR count). The molecule has 0 bridgehead atoms. The van der Waals surface area contributed by atoms with Gasteiger partial charge >= 0.3 is 12.1 Å². The van der Waals surface area contributed by atoms with E-state index in [1.165, 1.54) is 12.1 Å². The quantitative estimate of drug-likeness (QED) is 0.345. The Kier molecular flexibility index (Phi) is 6.19. The highest BCUT2D eigenvalue weighted by Crippen LogP contribution is 2.42. The van der Waals surface area contributed by atoms with Crippen LogP contribution in [-0.4, -0.2) is 61.0 Å². The molecule has 3 heterocycles. The standard InChI is InChI=1S/C21H21ClF3NO8/c1-20(2,3)11-6-13-9(5-12(11)22)4-10(18(32-13)21(23,24)25)19(27)33-14-7-30-17-15(34-26(28)29)8-31-16(14)17/h4-6,14-18H,7-8H2,1-3H3. The van der Waals surface area contributed by atoms with Crippen molar-refractivity contribution < 1.29 is 46.8 Å². The van der Waals surface area contributed by atoms with Gasteiger partial charge in [-0.05, 0) is 29.2 Å². The number of carbonyl (C=O) groups is 1. The van der Waals surface area contributed by atoms with E-state index in [-0.39, 0.29) is 24.5 Å². The predicted molar refractivity (Wildman–Crippen MR) is 110 cm³/mol. The van der Waals surface area contributed by atoms with Crippen molar-refractivity contribution in [2.75, 3.05) is 13.2 Å². The van der Waals surface area contributed by atoms with Gasteiger partial charge < -0.3 is 23.8 Å².